The molecule has 0 radical (unpaired) electrons. The number of nitrogens with zero attached hydrogens (tertiary/aromatic N) is 1. The van der Waals surface area contributed by atoms with Crippen molar-refractivity contribution >= 4 is 5.91 Å². The highest BCUT2D eigenvalue weighted by molar-refractivity contribution is 5.76. The van der Waals surface area contributed by atoms with Crippen molar-refractivity contribution in [1.29, 1.82) is 0 Å². The summed E-state index contributed by atoms with van der Waals surface area (Å²) in [6.45, 7) is 0.0616. The van der Waals surface area contributed by atoms with Gasteiger partial charge in [-0.1, -0.05) is 0 Å². The van der Waals surface area contributed by atoms with Crippen molar-refractivity contribution in [3.05, 3.63) is 4.91 Å². The van der Waals surface area contributed by atoms with Crippen molar-refractivity contribution in [1.82, 2.24) is 0 Å². The predicted octanol–water partition coefficient (Wildman–Crippen LogP) is 0.442. The van der Waals surface area contributed by atoms with Gasteiger partial charge in [0.2, 0.25) is 0 Å². The molecule has 0 unspecified atom stereocenters. The molecule has 52 valence electrons. The van der Waals surface area contributed by atoms with Crippen LogP contribution in [-0.2, 0) is 4.79 Å². The van der Waals surface area contributed by atoms with E-state index in [4.69, 9.17) is 5.11 Å². The quantitative estimate of drug-likeness (QED) is 0.444. The molecule has 0 aromatic carbocycles. The van der Waals surface area contributed by atoms with Crippen molar-refractivity contribution in [2.75, 3.05) is 6.61 Å². The highest BCUT2D eigenvalue weighted by Gasteiger charge is 1.97. The van der Waals surface area contributed by atoms with E-state index >= 15 is 0 Å². The maximum atomic E-state index is 10.1. The summed E-state index contributed by atoms with van der Waals surface area (Å²) in [6, 6.07) is 0. The lowest BCUT2D eigenvalue weighted by atomic mass is 10.2. The fourth-order valence-electron chi connectivity index (χ4n) is 0.434. The molecule has 0 fully saturated rings. The van der Waals surface area contributed by atoms with Gasteiger partial charge in [0.05, 0.1) is 0 Å². The van der Waals surface area contributed by atoms with E-state index in [0.29, 0.717) is 12.8 Å². The third-order valence-electron chi connectivity index (χ3n) is 0.901. The summed E-state index contributed by atoms with van der Waals surface area (Å²) in [5, 5.41) is 10.4. The van der Waals surface area contributed by atoms with Gasteiger partial charge in [-0.05, 0) is 12.8 Å². The van der Waals surface area contributed by atoms with Crippen LogP contribution in [0.15, 0.2) is 5.18 Å². The van der Waals surface area contributed by atoms with Crippen molar-refractivity contribution in [3.8, 4) is 0 Å². The van der Waals surface area contributed by atoms with Crippen LogP contribution in [0.2, 0.25) is 0 Å². The second-order valence-electron chi connectivity index (χ2n) is 1.67. The van der Waals surface area contributed by atoms with Gasteiger partial charge in [-0.15, -0.1) is 4.91 Å². The number of unbranched alkanes of at least 4 members (excludes halogenated alkanes) is 1. The van der Waals surface area contributed by atoms with E-state index in [1.807, 2.05) is 0 Å². The topological polar surface area (TPSA) is 66.7 Å². The SMILES string of the molecule is O=NC(=O)CCCCO. The van der Waals surface area contributed by atoms with Gasteiger partial charge in [-0.25, -0.2) is 0 Å². The summed E-state index contributed by atoms with van der Waals surface area (Å²) in [5.74, 6) is -0.636. The van der Waals surface area contributed by atoms with Crippen LogP contribution in [-0.4, -0.2) is 17.6 Å². The summed E-state index contributed by atoms with van der Waals surface area (Å²) in [4.78, 5) is 19.6. The second-order valence-corrected chi connectivity index (χ2v) is 1.67. The van der Waals surface area contributed by atoms with E-state index < -0.39 is 5.91 Å². The Morgan fingerprint density at radius 3 is 2.56 bits per heavy atom. The highest BCUT2D eigenvalue weighted by atomic mass is 16.3. The molecule has 1 N–H and O–H groups in total. The monoisotopic (exact) mass is 131 g/mol. The number of carbonyl (C=O) groups excluding carboxylic acids is 1. The number of nitroso groups, excluding NO2 is 1. The lowest BCUT2D eigenvalue weighted by Gasteiger charge is -1.88. The first-order valence-electron chi connectivity index (χ1n) is 2.78. The normalized spacial score (nSPS) is 9.00. The third-order valence-corrected chi connectivity index (χ3v) is 0.901. The molecule has 0 aromatic rings. The van der Waals surface area contributed by atoms with Gasteiger partial charge in [0.25, 0.3) is 5.91 Å². The standard InChI is InChI=1S/C5H9NO3/c7-4-2-1-3-5(8)6-9/h7H,1-4H2. The number of hydrogen-bond donors (Lipinski definition) is 1. The van der Waals surface area contributed by atoms with Crippen LogP contribution < -0.4 is 0 Å². The minimum Gasteiger partial charge on any atom is -0.396 e. The van der Waals surface area contributed by atoms with Gasteiger partial charge in [0.15, 0.2) is 0 Å². The molecule has 0 heterocycles. The zero-order chi connectivity index (χ0) is 7.11. The van der Waals surface area contributed by atoms with E-state index in [1.54, 1.807) is 0 Å². The maximum absolute atomic E-state index is 10.1. The average molecular weight is 131 g/mol. The summed E-state index contributed by atoms with van der Waals surface area (Å²) in [5.41, 5.74) is 0. The van der Waals surface area contributed by atoms with Gasteiger partial charge in [-0.2, -0.15) is 0 Å². The molecular formula is C5H9NO3. The first kappa shape index (κ1) is 8.23. The Balaban J connectivity index is 3.07. The third kappa shape index (κ3) is 5.10. The van der Waals surface area contributed by atoms with Gasteiger partial charge in [-0.3, -0.25) is 4.79 Å². The Labute approximate surface area is 52.8 Å². The molecule has 0 saturated carbocycles. The van der Waals surface area contributed by atoms with Crippen LogP contribution in [0, 0.1) is 4.91 Å². The lowest BCUT2D eigenvalue weighted by Crippen LogP contribution is -1.92. The molecule has 9 heavy (non-hydrogen) atoms. The zero-order valence-electron chi connectivity index (χ0n) is 5.04. The predicted molar refractivity (Wildman–Crippen MR) is 31.7 cm³/mol. The van der Waals surface area contributed by atoms with Crippen molar-refractivity contribution in [2.24, 2.45) is 5.18 Å². The average Bonchev–Trinajstić information content (AvgIpc) is 1.89. The smallest absolute Gasteiger partial charge is 0.286 e. The molecule has 0 spiro atoms. The van der Waals surface area contributed by atoms with Crippen molar-refractivity contribution in [2.45, 2.75) is 19.3 Å². The Bertz CT molecular complexity index is 102. The summed E-state index contributed by atoms with van der Waals surface area (Å²) in [7, 11) is 0. The zero-order valence-corrected chi connectivity index (χ0v) is 5.04. The Morgan fingerprint density at radius 1 is 1.44 bits per heavy atom. The first-order chi connectivity index (χ1) is 4.31. The van der Waals surface area contributed by atoms with Crippen molar-refractivity contribution < 1.29 is 9.90 Å². The molecule has 0 aliphatic carbocycles. The van der Waals surface area contributed by atoms with Crippen LogP contribution in [0.25, 0.3) is 0 Å². The van der Waals surface area contributed by atoms with Gasteiger partial charge >= 0.3 is 0 Å². The molecule has 4 heteroatoms. The molecule has 0 saturated heterocycles. The molecule has 0 aliphatic heterocycles. The maximum Gasteiger partial charge on any atom is 0.286 e. The molecule has 4 nitrogen and oxygen atoms in total. The Kier molecular flexibility index (Phi) is 4.91. The number of amides is 1. The van der Waals surface area contributed by atoms with Crippen LogP contribution >= 0.6 is 0 Å². The van der Waals surface area contributed by atoms with Gasteiger partial charge in [0, 0.05) is 18.2 Å². The molecule has 0 rings (SSSR count). The number of aliphatic hydroxyl groups excluding tert-OH is 1. The molecule has 0 atom stereocenters. The Hall–Kier alpha value is -0.770. The number of aliphatic hydroxyl groups is 1. The van der Waals surface area contributed by atoms with E-state index in [9.17, 15) is 9.70 Å². The molecular weight excluding hydrogens is 122 g/mol. The van der Waals surface area contributed by atoms with E-state index in [0.717, 1.165) is 0 Å². The largest absolute Gasteiger partial charge is 0.396 e. The number of hydrogen-bond acceptors (Lipinski definition) is 3. The van der Waals surface area contributed by atoms with E-state index in [2.05, 4.69) is 5.18 Å². The van der Waals surface area contributed by atoms with E-state index in [-0.39, 0.29) is 13.0 Å². The number of carbonyl (C=O) groups is 1. The van der Waals surface area contributed by atoms with Crippen LogP contribution in [0.4, 0.5) is 0 Å². The Morgan fingerprint density at radius 2 is 2.11 bits per heavy atom. The number of rotatable bonds is 4. The first-order valence-corrected chi connectivity index (χ1v) is 2.78. The van der Waals surface area contributed by atoms with Gasteiger partial charge < -0.3 is 5.11 Å². The van der Waals surface area contributed by atoms with Crippen LogP contribution in [0.3, 0.4) is 0 Å². The van der Waals surface area contributed by atoms with Crippen molar-refractivity contribution in [3.63, 3.8) is 0 Å². The lowest BCUT2D eigenvalue weighted by molar-refractivity contribution is -0.118. The van der Waals surface area contributed by atoms with Gasteiger partial charge in [0.1, 0.15) is 0 Å². The van der Waals surface area contributed by atoms with Crippen LogP contribution in [0.5, 0.6) is 0 Å². The summed E-state index contributed by atoms with van der Waals surface area (Å²) < 4.78 is 0. The minimum absolute atomic E-state index is 0.0616. The summed E-state index contributed by atoms with van der Waals surface area (Å²) >= 11 is 0. The van der Waals surface area contributed by atoms with E-state index in [1.165, 1.54) is 0 Å². The highest BCUT2D eigenvalue weighted by Crippen LogP contribution is 1.94. The molecule has 0 bridgehead atoms. The molecule has 0 aromatic heterocycles. The molecule has 1 amide bonds. The summed E-state index contributed by atoms with van der Waals surface area (Å²) in [6.07, 6.45) is 1.26. The molecule has 0 aliphatic rings. The second kappa shape index (κ2) is 5.37. The fraction of sp³-hybridized carbons (Fsp3) is 0.800. The minimum atomic E-state index is -0.636. The van der Waals surface area contributed by atoms with Crippen LogP contribution in [0.1, 0.15) is 19.3 Å². The fourth-order valence-corrected chi connectivity index (χ4v) is 0.434.